The van der Waals surface area contributed by atoms with Gasteiger partial charge in [0.1, 0.15) is 0 Å². The predicted molar refractivity (Wildman–Crippen MR) is 116 cm³/mol. The molecule has 0 spiro atoms. The molecule has 0 saturated heterocycles. The van der Waals surface area contributed by atoms with Crippen LogP contribution in [0, 0.1) is 0 Å². The largest absolute Gasteiger partial charge is 0.378 e. The van der Waals surface area contributed by atoms with Crippen LogP contribution in [0.2, 0.25) is 5.02 Å². The standard InChI is InChI=1S/C20H22ClN5OS/c1-13(19(27)22-14-9-11-15(12-10-14)25(2)3)28-20-24-23-18(26(20)4)16-7-5-6-8-17(16)21/h5-13H,1-4H3,(H,22,27). The molecule has 0 aliphatic heterocycles. The molecule has 3 aromatic rings. The summed E-state index contributed by atoms with van der Waals surface area (Å²) in [5.41, 5.74) is 2.65. The van der Waals surface area contributed by atoms with Gasteiger partial charge >= 0.3 is 0 Å². The molecular formula is C20H22ClN5OS. The SMILES string of the molecule is CC(Sc1nnc(-c2ccccc2Cl)n1C)C(=O)Nc1ccc(N(C)C)cc1. The van der Waals surface area contributed by atoms with E-state index in [-0.39, 0.29) is 11.2 Å². The van der Waals surface area contributed by atoms with Crippen LogP contribution in [0.15, 0.2) is 53.7 Å². The van der Waals surface area contributed by atoms with E-state index in [1.165, 1.54) is 11.8 Å². The Kier molecular flexibility index (Phi) is 6.26. The lowest BCUT2D eigenvalue weighted by Crippen LogP contribution is -2.22. The molecule has 1 heterocycles. The fourth-order valence-corrected chi connectivity index (χ4v) is 3.63. The Morgan fingerprint density at radius 3 is 2.46 bits per heavy atom. The molecule has 1 N–H and O–H groups in total. The van der Waals surface area contributed by atoms with Gasteiger partial charge in [0.05, 0.1) is 10.3 Å². The van der Waals surface area contributed by atoms with Gasteiger partial charge in [0.2, 0.25) is 5.91 Å². The predicted octanol–water partition coefficient (Wildman–Crippen LogP) is 4.32. The number of amides is 1. The quantitative estimate of drug-likeness (QED) is 0.607. The lowest BCUT2D eigenvalue weighted by Gasteiger charge is -2.14. The van der Waals surface area contributed by atoms with Crippen LogP contribution >= 0.6 is 23.4 Å². The summed E-state index contributed by atoms with van der Waals surface area (Å²) in [6.07, 6.45) is 0. The van der Waals surface area contributed by atoms with Gasteiger partial charge in [0.25, 0.3) is 0 Å². The summed E-state index contributed by atoms with van der Waals surface area (Å²) in [4.78, 5) is 14.6. The van der Waals surface area contributed by atoms with Crippen LogP contribution in [-0.4, -0.2) is 40.0 Å². The Hall–Kier alpha value is -2.51. The zero-order chi connectivity index (χ0) is 20.3. The van der Waals surface area contributed by atoms with Crippen molar-refractivity contribution < 1.29 is 4.79 Å². The maximum absolute atomic E-state index is 12.6. The van der Waals surface area contributed by atoms with Crippen molar-refractivity contribution >= 4 is 40.6 Å². The van der Waals surface area contributed by atoms with Gasteiger partial charge in [-0.05, 0) is 43.3 Å². The Bertz CT molecular complexity index is 971. The molecule has 0 bridgehead atoms. The third-order valence-electron chi connectivity index (χ3n) is 4.25. The number of benzene rings is 2. The summed E-state index contributed by atoms with van der Waals surface area (Å²) < 4.78 is 1.85. The van der Waals surface area contributed by atoms with Crippen molar-refractivity contribution in [2.45, 2.75) is 17.3 Å². The first-order valence-electron chi connectivity index (χ1n) is 8.76. The summed E-state index contributed by atoms with van der Waals surface area (Å²) in [6, 6.07) is 15.2. The summed E-state index contributed by atoms with van der Waals surface area (Å²) >= 11 is 7.61. The van der Waals surface area contributed by atoms with Crippen LogP contribution in [0.5, 0.6) is 0 Å². The van der Waals surface area contributed by atoms with E-state index < -0.39 is 0 Å². The third-order valence-corrected chi connectivity index (χ3v) is 5.72. The second-order valence-electron chi connectivity index (χ2n) is 6.54. The van der Waals surface area contributed by atoms with Crippen molar-refractivity contribution in [2.75, 3.05) is 24.3 Å². The van der Waals surface area contributed by atoms with Gasteiger partial charge in [-0.25, -0.2) is 0 Å². The van der Waals surface area contributed by atoms with Gasteiger partial charge in [0.15, 0.2) is 11.0 Å². The zero-order valence-electron chi connectivity index (χ0n) is 16.2. The smallest absolute Gasteiger partial charge is 0.237 e. The number of hydrogen-bond donors (Lipinski definition) is 1. The molecule has 6 nitrogen and oxygen atoms in total. The van der Waals surface area contributed by atoms with Gasteiger partial charge in [-0.1, -0.05) is 35.5 Å². The molecule has 1 atom stereocenters. The molecule has 0 saturated carbocycles. The number of aromatic nitrogens is 3. The topological polar surface area (TPSA) is 63.1 Å². The molecule has 0 aliphatic rings. The van der Waals surface area contributed by atoms with Crippen molar-refractivity contribution in [1.29, 1.82) is 0 Å². The van der Waals surface area contributed by atoms with Crippen LogP contribution in [0.4, 0.5) is 11.4 Å². The van der Waals surface area contributed by atoms with E-state index in [0.717, 1.165) is 16.9 Å². The second-order valence-corrected chi connectivity index (χ2v) is 8.25. The maximum Gasteiger partial charge on any atom is 0.237 e. The van der Waals surface area contributed by atoms with Gasteiger partial charge in [-0.3, -0.25) is 4.79 Å². The van der Waals surface area contributed by atoms with Gasteiger partial charge in [0, 0.05) is 38.1 Å². The lowest BCUT2D eigenvalue weighted by atomic mass is 10.2. The zero-order valence-corrected chi connectivity index (χ0v) is 17.8. The molecule has 0 aliphatic carbocycles. The average molecular weight is 416 g/mol. The summed E-state index contributed by atoms with van der Waals surface area (Å²) in [5.74, 6) is 0.574. The molecule has 1 amide bonds. The number of rotatable bonds is 6. The highest BCUT2D eigenvalue weighted by atomic mass is 35.5. The number of carbonyl (C=O) groups excluding carboxylic acids is 1. The lowest BCUT2D eigenvalue weighted by molar-refractivity contribution is -0.115. The Labute approximate surface area is 173 Å². The Balaban J connectivity index is 1.68. The number of carbonyl (C=O) groups is 1. The highest BCUT2D eigenvalue weighted by Gasteiger charge is 2.20. The third kappa shape index (κ3) is 4.48. The van der Waals surface area contributed by atoms with Gasteiger partial charge in [-0.15, -0.1) is 10.2 Å². The normalized spacial score (nSPS) is 11.9. The number of anilines is 2. The minimum absolute atomic E-state index is 0.0927. The van der Waals surface area contributed by atoms with Crippen molar-refractivity contribution in [2.24, 2.45) is 7.05 Å². The first-order valence-corrected chi connectivity index (χ1v) is 10.0. The van der Waals surface area contributed by atoms with Crippen LogP contribution in [0.3, 0.4) is 0 Å². The molecule has 0 fully saturated rings. The molecule has 1 unspecified atom stereocenters. The molecule has 0 radical (unpaired) electrons. The van der Waals surface area contributed by atoms with Crippen molar-refractivity contribution in [1.82, 2.24) is 14.8 Å². The number of thioether (sulfide) groups is 1. The molecule has 2 aromatic carbocycles. The minimum Gasteiger partial charge on any atom is -0.378 e. The molecule has 3 rings (SSSR count). The highest BCUT2D eigenvalue weighted by Crippen LogP contribution is 2.30. The van der Waals surface area contributed by atoms with Crippen LogP contribution in [0.25, 0.3) is 11.4 Å². The van der Waals surface area contributed by atoms with E-state index in [0.29, 0.717) is 16.0 Å². The van der Waals surface area contributed by atoms with E-state index in [1.807, 2.05) is 86.1 Å². The fourth-order valence-electron chi connectivity index (χ4n) is 2.59. The number of hydrogen-bond acceptors (Lipinski definition) is 5. The Morgan fingerprint density at radius 2 is 1.82 bits per heavy atom. The van der Waals surface area contributed by atoms with E-state index in [2.05, 4.69) is 15.5 Å². The summed E-state index contributed by atoms with van der Waals surface area (Å²) in [7, 11) is 5.82. The van der Waals surface area contributed by atoms with Crippen molar-refractivity contribution in [3.8, 4) is 11.4 Å². The van der Waals surface area contributed by atoms with Gasteiger partial charge < -0.3 is 14.8 Å². The van der Waals surface area contributed by atoms with Crippen LogP contribution in [-0.2, 0) is 11.8 Å². The molecule has 28 heavy (non-hydrogen) atoms. The fraction of sp³-hybridized carbons (Fsp3) is 0.250. The second kappa shape index (κ2) is 8.67. The van der Waals surface area contributed by atoms with Gasteiger partial charge in [-0.2, -0.15) is 0 Å². The first-order chi connectivity index (χ1) is 13.4. The van der Waals surface area contributed by atoms with E-state index in [4.69, 9.17) is 11.6 Å². The number of nitrogens with zero attached hydrogens (tertiary/aromatic N) is 4. The number of nitrogens with one attached hydrogen (secondary N) is 1. The summed E-state index contributed by atoms with van der Waals surface area (Å²) in [6.45, 7) is 1.85. The molecule has 1 aromatic heterocycles. The van der Waals surface area contributed by atoms with Crippen LogP contribution < -0.4 is 10.2 Å². The number of halogens is 1. The van der Waals surface area contributed by atoms with Crippen molar-refractivity contribution in [3.05, 3.63) is 53.6 Å². The highest BCUT2D eigenvalue weighted by molar-refractivity contribution is 8.00. The van der Waals surface area contributed by atoms with Crippen LogP contribution in [0.1, 0.15) is 6.92 Å². The molecular weight excluding hydrogens is 394 g/mol. The minimum atomic E-state index is -0.337. The average Bonchev–Trinajstić information content (AvgIpc) is 3.03. The van der Waals surface area contributed by atoms with E-state index in [9.17, 15) is 4.79 Å². The Morgan fingerprint density at radius 1 is 1.14 bits per heavy atom. The molecule has 8 heteroatoms. The van der Waals surface area contributed by atoms with E-state index in [1.54, 1.807) is 0 Å². The van der Waals surface area contributed by atoms with Crippen molar-refractivity contribution in [3.63, 3.8) is 0 Å². The summed E-state index contributed by atoms with van der Waals surface area (Å²) in [5, 5.41) is 12.3. The monoisotopic (exact) mass is 415 g/mol. The molecule has 146 valence electrons. The first kappa shape index (κ1) is 20.2. The van der Waals surface area contributed by atoms with E-state index >= 15 is 0 Å². The maximum atomic E-state index is 12.6.